The first-order valence-corrected chi connectivity index (χ1v) is 14.8. The summed E-state index contributed by atoms with van der Waals surface area (Å²) in [5.41, 5.74) is 6.64. The fraction of sp³-hybridized carbons (Fsp3) is 0.389. The summed E-state index contributed by atoms with van der Waals surface area (Å²) in [5.74, 6) is 2.04. The number of fused-ring (bicyclic) bond motifs is 2. The third-order valence-electron chi connectivity index (χ3n) is 8.59. The first kappa shape index (κ1) is 29.4. The fourth-order valence-corrected chi connectivity index (χ4v) is 6.84. The van der Waals surface area contributed by atoms with Crippen molar-refractivity contribution in [3.8, 4) is 18.1 Å². The molecule has 0 aromatic heterocycles. The molecule has 0 saturated carbocycles. The molecule has 0 fully saturated rings. The molecule has 4 aliphatic carbocycles. The normalized spacial score (nSPS) is 25.9. The topological polar surface area (TPSA) is 71.1 Å². The monoisotopic (exact) mass is 566 g/mol. The van der Waals surface area contributed by atoms with E-state index in [0.29, 0.717) is 6.61 Å². The van der Waals surface area contributed by atoms with Crippen molar-refractivity contribution in [3.63, 3.8) is 0 Å². The zero-order valence-electron chi connectivity index (χ0n) is 24.2. The number of benzene rings is 1. The Balaban J connectivity index is 1.44. The maximum atomic E-state index is 11.3. The number of ether oxygens (including phenoxy) is 4. The number of carbonyl (C=O) groups is 2. The van der Waals surface area contributed by atoms with Gasteiger partial charge in [-0.25, -0.2) is 9.59 Å². The van der Waals surface area contributed by atoms with Gasteiger partial charge in [-0.1, -0.05) is 62.1 Å². The van der Waals surface area contributed by atoms with Crippen LogP contribution in [0.1, 0.15) is 44.6 Å². The van der Waals surface area contributed by atoms with Crippen LogP contribution in [-0.2, 0) is 29.2 Å². The summed E-state index contributed by atoms with van der Waals surface area (Å²) in [4.78, 5) is 22.6. The van der Waals surface area contributed by atoms with Gasteiger partial charge < -0.3 is 18.9 Å². The van der Waals surface area contributed by atoms with Crippen molar-refractivity contribution in [2.24, 2.45) is 11.8 Å². The van der Waals surface area contributed by atoms with Crippen LogP contribution in [0.5, 0.6) is 5.75 Å². The third-order valence-corrected chi connectivity index (χ3v) is 8.59. The summed E-state index contributed by atoms with van der Waals surface area (Å²) >= 11 is 0. The van der Waals surface area contributed by atoms with Gasteiger partial charge in [0.05, 0.1) is 18.1 Å². The van der Waals surface area contributed by atoms with Crippen LogP contribution in [0.15, 0.2) is 95.7 Å². The fourth-order valence-electron chi connectivity index (χ4n) is 6.84. The molecule has 4 atom stereocenters. The molecular formula is C36H38O6. The van der Waals surface area contributed by atoms with Gasteiger partial charge in [-0.3, -0.25) is 0 Å². The standard InChI is InChI=1S/C36H38O6/c1-4-34(37)41-22-20-39-28-17-14-26(15-18-28)36(31-12-8-6-10-29(31)30-11-7-9-13-32(30)36)27-16-19-33(25(3)24-27)40-21-23-42-35(38)5-2/h2,4,8,11-19,25,27,33H,1,6-7,9-10,20-24H2,3H3. The lowest BCUT2D eigenvalue weighted by atomic mass is 9.59. The predicted octanol–water partition coefficient (Wildman–Crippen LogP) is 6.11. The number of hydrogen-bond acceptors (Lipinski definition) is 6. The molecule has 0 amide bonds. The first-order chi connectivity index (χ1) is 20.5. The van der Waals surface area contributed by atoms with Crippen LogP contribution in [0.4, 0.5) is 0 Å². The maximum absolute atomic E-state index is 11.3. The highest BCUT2D eigenvalue weighted by atomic mass is 16.6. The lowest BCUT2D eigenvalue weighted by Gasteiger charge is -2.44. The Bertz CT molecular complexity index is 1400. The summed E-state index contributed by atoms with van der Waals surface area (Å²) in [6.07, 6.45) is 25.4. The molecule has 5 rings (SSSR count). The number of rotatable bonds is 11. The molecule has 0 aliphatic heterocycles. The Hall–Kier alpha value is -4.08. The van der Waals surface area contributed by atoms with E-state index in [2.05, 4.69) is 62.1 Å². The summed E-state index contributed by atoms with van der Waals surface area (Å²) in [7, 11) is 0. The molecule has 4 aliphatic rings. The molecular weight excluding hydrogens is 528 g/mol. The molecule has 6 nitrogen and oxygen atoms in total. The van der Waals surface area contributed by atoms with Gasteiger partial charge in [0.2, 0.25) is 0 Å². The highest BCUT2D eigenvalue weighted by molar-refractivity contribution is 5.87. The smallest absolute Gasteiger partial charge is 0.384 e. The van der Waals surface area contributed by atoms with Crippen molar-refractivity contribution >= 4 is 11.9 Å². The van der Waals surface area contributed by atoms with Crippen LogP contribution < -0.4 is 4.74 Å². The molecule has 0 heterocycles. The second-order valence-corrected chi connectivity index (χ2v) is 11.0. The summed E-state index contributed by atoms with van der Waals surface area (Å²) in [6, 6.07) is 8.42. The summed E-state index contributed by atoms with van der Waals surface area (Å²) < 4.78 is 22.0. The molecule has 218 valence electrons. The Morgan fingerprint density at radius 3 is 2.60 bits per heavy atom. The van der Waals surface area contributed by atoms with E-state index in [1.807, 2.05) is 18.1 Å². The van der Waals surface area contributed by atoms with Crippen molar-refractivity contribution in [2.75, 3.05) is 26.4 Å². The van der Waals surface area contributed by atoms with Crippen LogP contribution >= 0.6 is 0 Å². The zero-order chi connectivity index (χ0) is 29.5. The van der Waals surface area contributed by atoms with Gasteiger partial charge in [0.1, 0.15) is 25.6 Å². The van der Waals surface area contributed by atoms with E-state index < -0.39 is 11.9 Å². The number of esters is 2. The summed E-state index contributed by atoms with van der Waals surface area (Å²) in [6.45, 7) is 6.52. The van der Waals surface area contributed by atoms with Crippen LogP contribution in [0.3, 0.4) is 0 Å². The number of allylic oxidation sites excluding steroid dienone is 9. The third kappa shape index (κ3) is 5.80. The average molecular weight is 567 g/mol. The zero-order valence-corrected chi connectivity index (χ0v) is 24.2. The minimum Gasteiger partial charge on any atom is -0.490 e. The molecule has 1 aromatic rings. The Morgan fingerprint density at radius 2 is 1.83 bits per heavy atom. The summed E-state index contributed by atoms with van der Waals surface area (Å²) in [5, 5.41) is 0. The lowest BCUT2D eigenvalue weighted by molar-refractivity contribution is -0.139. The van der Waals surface area contributed by atoms with Crippen molar-refractivity contribution in [1.82, 2.24) is 0 Å². The Kier molecular flexibility index (Phi) is 9.29. The SMILES string of the molecule is C#CC(=O)OCCOC1C=CC(C2(c3ccc(OCCOC(=O)C=C)cc3)C3=CCCC=C3C3=C2C=CCC3)CC1C. The quantitative estimate of drug-likeness (QED) is 0.0804. The number of carbonyl (C=O) groups excluding carboxylic acids is 2. The largest absolute Gasteiger partial charge is 0.490 e. The highest BCUT2D eigenvalue weighted by Crippen LogP contribution is 2.61. The van der Waals surface area contributed by atoms with Crippen LogP contribution in [0, 0.1) is 24.2 Å². The molecule has 4 unspecified atom stereocenters. The molecule has 0 bridgehead atoms. The van der Waals surface area contributed by atoms with Crippen LogP contribution in [-0.4, -0.2) is 44.5 Å². The minimum absolute atomic E-state index is 0.0686. The first-order valence-electron chi connectivity index (χ1n) is 14.8. The second kappa shape index (κ2) is 13.3. The maximum Gasteiger partial charge on any atom is 0.384 e. The Morgan fingerprint density at radius 1 is 1.05 bits per heavy atom. The van der Waals surface area contributed by atoms with E-state index in [-0.39, 0.29) is 43.2 Å². The Labute approximate surface area is 248 Å². The van der Waals surface area contributed by atoms with Crippen molar-refractivity contribution in [1.29, 1.82) is 0 Å². The van der Waals surface area contributed by atoms with Gasteiger partial charge in [0.25, 0.3) is 0 Å². The number of hydrogen-bond donors (Lipinski definition) is 0. The van der Waals surface area contributed by atoms with E-state index in [0.717, 1.165) is 43.9 Å². The average Bonchev–Trinajstić information content (AvgIpc) is 3.33. The predicted molar refractivity (Wildman–Crippen MR) is 162 cm³/mol. The van der Waals surface area contributed by atoms with E-state index in [1.165, 1.54) is 27.9 Å². The van der Waals surface area contributed by atoms with E-state index in [9.17, 15) is 9.59 Å². The molecule has 42 heavy (non-hydrogen) atoms. The van der Waals surface area contributed by atoms with Crippen molar-refractivity contribution in [2.45, 2.75) is 50.5 Å². The van der Waals surface area contributed by atoms with Crippen molar-refractivity contribution in [3.05, 3.63) is 101 Å². The van der Waals surface area contributed by atoms with Gasteiger partial charge in [0.15, 0.2) is 0 Å². The van der Waals surface area contributed by atoms with Gasteiger partial charge in [-0.05, 0) is 83.9 Å². The molecule has 1 aromatic carbocycles. The molecule has 6 heteroatoms. The second-order valence-electron chi connectivity index (χ2n) is 11.0. The van der Waals surface area contributed by atoms with Crippen LogP contribution in [0.2, 0.25) is 0 Å². The van der Waals surface area contributed by atoms with E-state index in [1.54, 1.807) is 0 Å². The van der Waals surface area contributed by atoms with E-state index in [4.69, 9.17) is 25.4 Å². The number of terminal acetylenes is 1. The molecule has 0 N–H and O–H groups in total. The highest BCUT2D eigenvalue weighted by Gasteiger charge is 2.53. The molecule has 0 spiro atoms. The van der Waals surface area contributed by atoms with Crippen molar-refractivity contribution < 1.29 is 28.5 Å². The van der Waals surface area contributed by atoms with Gasteiger partial charge in [-0.2, -0.15) is 0 Å². The molecule has 0 saturated heterocycles. The van der Waals surface area contributed by atoms with E-state index >= 15 is 0 Å². The van der Waals surface area contributed by atoms with Gasteiger partial charge >= 0.3 is 11.9 Å². The van der Waals surface area contributed by atoms with Gasteiger partial charge in [-0.15, -0.1) is 6.42 Å². The lowest BCUT2D eigenvalue weighted by Crippen LogP contribution is -2.41. The van der Waals surface area contributed by atoms with Crippen LogP contribution in [0.25, 0.3) is 0 Å². The minimum atomic E-state index is -0.671. The molecule has 0 radical (unpaired) electrons. The van der Waals surface area contributed by atoms with Gasteiger partial charge in [0, 0.05) is 12.0 Å².